The molecule has 0 saturated carbocycles. The zero-order valence-corrected chi connectivity index (χ0v) is 19.2. The molecule has 8 heteroatoms. The number of halogens is 1. The fourth-order valence-electron chi connectivity index (χ4n) is 3.91. The van der Waals surface area contributed by atoms with Crippen molar-refractivity contribution in [3.63, 3.8) is 0 Å². The molecule has 3 aromatic rings. The van der Waals surface area contributed by atoms with Crippen LogP contribution in [-0.2, 0) is 6.54 Å². The number of carbonyl (C=O) groups is 2. The van der Waals surface area contributed by atoms with Gasteiger partial charge in [-0.1, -0.05) is 30.3 Å². The maximum Gasteiger partial charge on any atom is 0.339 e. The van der Waals surface area contributed by atoms with Crippen LogP contribution in [0, 0.1) is 0 Å². The quantitative estimate of drug-likeness (QED) is 0.595. The lowest BCUT2D eigenvalue weighted by Gasteiger charge is -2.35. The summed E-state index contributed by atoms with van der Waals surface area (Å²) in [5.41, 5.74) is 2.93. The molecule has 0 bridgehead atoms. The van der Waals surface area contributed by atoms with E-state index in [0.717, 1.165) is 38.4 Å². The summed E-state index contributed by atoms with van der Waals surface area (Å²) in [5.74, 6) is -0.453. The van der Waals surface area contributed by atoms with Gasteiger partial charge in [0.25, 0.3) is 5.91 Å². The van der Waals surface area contributed by atoms with Gasteiger partial charge in [-0.3, -0.25) is 9.69 Å². The molecule has 2 heterocycles. The SMILES string of the molecule is CN(C(=O)c1ccccc1)c1ccc(CN2CCN(c3ncccc3C(=O)O)CC2)cc1.Cl. The van der Waals surface area contributed by atoms with Crippen molar-refractivity contribution < 1.29 is 14.7 Å². The number of amides is 1. The van der Waals surface area contributed by atoms with Crippen LogP contribution >= 0.6 is 12.4 Å². The van der Waals surface area contributed by atoms with E-state index in [1.54, 1.807) is 30.3 Å². The van der Waals surface area contributed by atoms with E-state index in [9.17, 15) is 14.7 Å². The first-order valence-electron chi connectivity index (χ1n) is 10.6. The Morgan fingerprint density at radius 1 is 0.939 bits per heavy atom. The molecule has 7 nitrogen and oxygen atoms in total. The van der Waals surface area contributed by atoms with E-state index >= 15 is 0 Å². The number of pyridine rings is 1. The van der Waals surface area contributed by atoms with Gasteiger partial charge in [0.05, 0.1) is 0 Å². The second-order valence-corrected chi connectivity index (χ2v) is 7.84. The monoisotopic (exact) mass is 466 g/mol. The van der Waals surface area contributed by atoms with Crippen molar-refractivity contribution in [2.75, 3.05) is 43.0 Å². The molecule has 1 N–H and O–H groups in total. The molecule has 2 aromatic carbocycles. The first-order chi connectivity index (χ1) is 15.5. The van der Waals surface area contributed by atoms with E-state index in [1.807, 2.05) is 47.4 Å². The molecule has 1 aromatic heterocycles. The highest BCUT2D eigenvalue weighted by Gasteiger charge is 2.22. The summed E-state index contributed by atoms with van der Waals surface area (Å²) >= 11 is 0. The molecule has 0 aliphatic carbocycles. The predicted molar refractivity (Wildman–Crippen MR) is 132 cm³/mol. The fraction of sp³-hybridized carbons (Fsp3) is 0.240. The van der Waals surface area contributed by atoms with Gasteiger partial charge in [-0.25, -0.2) is 9.78 Å². The van der Waals surface area contributed by atoms with Crippen LogP contribution in [0.3, 0.4) is 0 Å². The Morgan fingerprint density at radius 3 is 2.24 bits per heavy atom. The molecule has 0 atom stereocenters. The predicted octanol–water partition coefficient (Wildman–Crippen LogP) is 3.80. The summed E-state index contributed by atoms with van der Waals surface area (Å²) in [6, 6.07) is 20.5. The van der Waals surface area contributed by atoms with Crippen molar-refractivity contribution >= 4 is 35.8 Å². The maximum atomic E-state index is 12.6. The van der Waals surface area contributed by atoms with Gasteiger partial charge in [-0.15, -0.1) is 12.4 Å². The molecule has 1 aliphatic rings. The summed E-state index contributed by atoms with van der Waals surface area (Å²) in [5, 5.41) is 9.40. The molecular formula is C25H27ClN4O3. The van der Waals surface area contributed by atoms with Crippen LogP contribution in [0.2, 0.25) is 0 Å². The number of carbonyl (C=O) groups excluding carboxylic acids is 1. The van der Waals surface area contributed by atoms with Crippen molar-refractivity contribution in [2.45, 2.75) is 6.54 Å². The average Bonchev–Trinajstić information content (AvgIpc) is 2.84. The Kier molecular flexibility index (Phi) is 8.03. The van der Waals surface area contributed by atoms with Gasteiger partial charge < -0.3 is 14.9 Å². The zero-order valence-electron chi connectivity index (χ0n) is 18.4. The number of rotatable bonds is 6. The maximum absolute atomic E-state index is 12.6. The summed E-state index contributed by atoms with van der Waals surface area (Å²) in [7, 11) is 1.78. The standard InChI is InChI=1S/C25H26N4O3.ClH/c1-27(24(30)20-6-3-2-4-7-20)21-11-9-19(10-12-21)18-28-14-16-29(17-15-28)23-22(25(31)32)8-5-13-26-23;/h2-13H,14-18H2,1H3,(H,31,32);1H. The molecule has 0 unspecified atom stereocenters. The summed E-state index contributed by atoms with van der Waals surface area (Å²) in [6.45, 7) is 3.90. The lowest BCUT2D eigenvalue weighted by atomic mass is 10.1. The molecule has 0 spiro atoms. The topological polar surface area (TPSA) is 77.0 Å². The largest absolute Gasteiger partial charge is 0.478 e. The van der Waals surface area contributed by atoms with Crippen LogP contribution in [0.5, 0.6) is 0 Å². The number of hydrogen-bond acceptors (Lipinski definition) is 5. The molecule has 1 fully saturated rings. The minimum atomic E-state index is -0.952. The Labute approximate surface area is 199 Å². The smallest absolute Gasteiger partial charge is 0.339 e. The summed E-state index contributed by atoms with van der Waals surface area (Å²) in [4.78, 5) is 34.4. The normalized spacial score (nSPS) is 13.8. The van der Waals surface area contributed by atoms with Crippen LogP contribution < -0.4 is 9.80 Å². The third-order valence-corrected chi connectivity index (χ3v) is 5.74. The molecule has 1 saturated heterocycles. The first kappa shape index (κ1) is 24.2. The molecular weight excluding hydrogens is 440 g/mol. The molecule has 0 radical (unpaired) electrons. The van der Waals surface area contributed by atoms with Crippen molar-refractivity contribution in [1.29, 1.82) is 0 Å². The highest BCUT2D eigenvalue weighted by molar-refractivity contribution is 6.05. The van der Waals surface area contributed by atoms with Crippen molar-refractivity contribution in [1.82, 2.24) is 9.88 Å². The first-order valence-corrected chi connectivity index (χ1v) is 10.6. The second kappa shape index (κ2) is 10.9. The highest BCUT2D eigenvalue weighted by atomic mass is 35.5. The van der Waals surface area contributed by atoms with Gasteiger partial charge in [0, 0.05) is 57.2 Å². The number of carboxylic acids is 1. The second-order valence-electron chi connectivity index (χ2n) is 7.84. The van der Waals surface area contributed by atoms with Crippen LogP contribution in [0.25, 0.3) is 0 Å². The molecule has 1 aliphatic heterocycles. The highest BCUT2D eigenvalue weighted by Crippen LogP contribution is 2.21. The Bertz CT molecular complexity index is 1080. The number of carboxylic acid groups (broad SMARTS) is 1. The van der Waals surface area contributed by atoms with E-state index in [-0.39, 0.29) is 23.9 Å². The van der Waals surface area contributed by atoms with Gasteiger partial charge in [0.15, 0.2) is 0 Å². The van der Waals surface area contributed by atoms with Crippen LogP contribution in [0.4, 0.5) is 11.5 Å². The third kappa shape index (κ3) is 5.69. The van der Waals surface area contributed by atoms with Gasteiger partial charge >= 0.3 is 5.97 Å². The number of benzene rings is 2. The average molecular weight is 467 g/mol. The molecule has 33 heavy (non-hydrogen) atoms. The Balaban J connectivity index is 0.00000306. The van der Waals surface area contributed by atoms with Gasteiger partial charge in [0.2, 0.25) is 0 Å². The number of hydrogen-bond donors (Lipinski definition) is 1. The number of anilines is 2. The molecule has 172 valence electrons. The molecule has 1 amide bonds. The third-order valence-electron chi connectivity index (χ3n) is 5.74. The minimum Gasteiger partial charge on any atom is -0.478 e. The summed E-state index contributed by atoms with van der Waals surface area (Å²) in [6.07, 6.45) is 1.63. The van der Waals surface area contributed by atoms with Crippen LogP contribution in [0.15, 0.2) is 72.9 Å². The van der Waals surface area contributed by atoms with Crippen molar-refractivity contribution in [3.8, 4) is 0 Å². The van der Waals surface area contributed by atoms with Crippen molar-refractivity contribution in [3.05, 3.63) is 89.6 Å². The van der Waals surface area contributed by atoms with Gasteiger partial charge in [-0.2, -0.15) is 0 Å². The van der Waals surface area contributed by atoms with E-state index in [1.165, 1.54) is 5.56 Å². The van der Waals surface area contributed by atoms with Crippen LogP contribution in [0.1, 0.15) is 26.3 Å². The molecule has 4 rings (SSSR count). The Hall–Kier alpha value is -3.42. The number of piperazine rings is 1. The fourth-order valence-corrected chi connectivity index (χ4v) is 3.91. The lowest BCUT2D eigenvalue weighted by molar-refractivity contribution is 0.0696. The van der Waals surface area contributed by atoms with E-state index in [2.05, 4.69) is 22.0 Å². The number of nitrogens with zero attached hydrogens (tertiary/aromatic N) is 4. The van der Waals surface area contributed by atoms with Gasteiger partial charge in [0.1, 0.15) is 11.4 Å². The summed E-state index contributed by atoms with van der Waals surface area (Å²) < 4.78 is 0. The van der Waals surface area contributed by atoms with E-state index in [4.69, 9.17) is 0 Å². The Morgan fingerprint density at radius 2 is 1.61 bits per heavy atom. The van der Waals surface area contributed by atoms with E-state index < -0.39 is 5.97 Å². The van der Waals surface area contributed by atoms with Crippen LogP contribution in [-0.4, -0.2) is 60.1 Å². The number of aromatic nitrogens is 1. The van der Waals surface area contributed by atoms with Crippen molar-refractivity contribution in [2.24, 2.45) is 0 Å². The van der Waals surface area contributed by atoms with E-state index in [0.29, 0.717) is 11.4 Å². The zero-order chi connectivity index (χ0) is 22.5. The number of aromatic carboxylic acids is 1. The lowest BCUT2D eigenvalue weighted by Crippen LogP contribution is -2.46. The van der Waals surface area contributed by atoms with Gasteiger partial charge in [-0.05, 0) is 42.0 Å². The minimum absolute atomic E-state index is 0.